The van der Waals surface area contributed by atoms with Crippen molar-refractivity contribution < 1.29 is 14.3 Å². The number of Topliss-reactive ketones (excluding diaryl/α,β-unsaturated/α-hetero) is 1. The van der Waals surface area contributed by atoms with Gasteiger partial charge in [-0.2, -0.15) is 4.98 Å². The van der Waals surface area contributed by atoms with E-state index in [0.717, 1.165) is 23.2 Å². The van der Waals surface area contributed by atoms with Crippen molar-refractivity contribution in [1.29, 1.82) is 0 Å². The SMILES string of the molecule is COc1ccc(OC)c(C2C3=C(CC(C)(C)CC3=O)Nc3nc(-c4cccnc4)nn32)c1. The van der Waals surface area contributed by atoms with Crippen LogP contribution in [0.25, 0.3) is 11.4 Å². The van der Waals surface area contributed by atoms with Crippen LogP contribution in [0, 0.1) is 5.41 Å². The van der Waals surface area contributed by atoms with Crippen LogP contribution in [-0.4, -0.2) is 39.8 Å². The molecule has 1 unspecified atom stereocenters. The molecule has 1 aromatic carbocycles. The molecule has 3 aromatic rings. The Balaban J connectivity index is 1.74. The van der Waals surface area contributed by atoms with E-state index >= 15 is 0 Å². The normalized spacial score (nSPS) is 19.1. The van der Waals surface area contributed by atoms with E-state index < -0.39 is 6.04 Å². The lowest BCUT2D eigenvalue weighted by molar-refractivity contribution is -0.118. The van der Waals surface area contributed by atoms with Crippen LogP contribution >= 0.6 is 0 Å². The van der Waals surface area contributed by atoms with Gasteiger partial charge in [-0.25, -0.2) is 4.68 Å². The molecule has 8 heteroatoms. The number of fused-ring (bicyclic) bond motifs is 1. The lowest BCUT2D eigenvalue weighted by Gasteiger charge is -2.38. The summed E-state index contributed by atoms with van der Waals surface area (Å²) in [6, 6.07) is 8.88. The molecule has 5 rings (SSSR count). The van der Waals surface area contributed by atoms with E-state index in [0.29, 0.717) is 35.3 Å². The first-order valence-electron chi connectivity index (χ1n) is 10.5. The number of hydrogen-bond donors (Lipinski definition) is 1. The van der Waals surface area contributed by atoms with Gasteiger partial charge in [0.25, 0.3) is 0 Å². The first-order chi connectivity index (χ1) is 15.4. The van der Waals surface area contributed by atoms with Crippen LogP contribution in [0.1, 0.15) is 38.3 Å². The highest BCUT2D eigenvalue weighted by Gasteiger charge is 2.42. The smallest absolute Gasteiger partial charge is 0.226 e. The van der Waals surface area contributed by atoms with E-state index in [2.05, 4.69) is 24.1 Å². The summed E-state index contributed by atoms with van der Waals surface area (Å²) in [6.45, 7) is 4.22. The second kappa shape index (κ2) is 7.47. The Morgan fingerprint density at radius 2 is 2.00 bits per heavy atom. The fourth-order valence-electron chi connectivity index (χ4n) is 4.57. The van der Waals surface area contributed by atoms with E-state index in [9.17, 15) is 4.79 Å². The summed E-state index contributed by atoms with van der Waals surface area (Å²) < 4.78 is 12.9. The van der Waals surface area contributed by atoms with Crippen LogP contribution in [0.15, 0.2) is 54.0 Å². The third-order valence-corrected chi connectivity index (χ3v) is 5.98. The van der Waals surface area contributed by atoms with Crippen molar-refractivity contribution in [2.45, 2.75) is 32.7 Å². The molecule has 164 valence electrons. The van der Waals surface area contributed by atoms with Crippen molar-refractivity contribution in [3.05, 3.63) is 59.6 Å². The summed E-state index contributed by atoms with van der Waals surface area (Å²) in [5.41, 5.74) is 3.06. The molecule has 0 saturated carbocycles. The van der Waals surface area contributed by atoms with Gasteiger partial charge >= 0.3 is 0 Å². The largest absolute Gasteiger partial charge is 0.497 e. The second-order valence-corrected chi connectivity index (χ2v) is 8.91. The number of anilines is 1. The minimum atomic E-state index is -0.479. The van der Waals surface area contributed by atoms with E-state index in [4.69, 9.17) is 19.6 Å². The molecule has 32 heavy (non-hydrogen) atoms. The molecular formula is C24H25N5O3. The lowest BCUT2D eigenvalue weighted by Crippen LogP contribution is -2.36. The van der Waals surface area contributed by atoms with Crippen molar-refractivity contribution in [2.75, 3.05) is 19.5 Å². The van der Waals surface area contributed by atoms with E-state index in [1.54, 1.807) is 31.3 Å². The number of rotatable bonds is 4. The molecule has 0 fully saturated rings. The summed E-state index contributed by atoms with van der Waals surface area (Å²) in [5, 5.41) is 8.19. The van der Waals surface area contributed by atoms with Gasteiger partial charge in [0.05, 0.1) is 14.2 Å². The molecule has 0 amide bonds. The molecule has 1 N–H and O–H groups in total. The molecule has 1 atom stereocenters. The molecule has 0 spiro atoms. The number of ketones is 1. The number of nitrogens with zero attached hydrogens (tertiary/aromatic N) is 4. The summed E-state index contributed by atoms with van der Waals surface area (Å²) in [4.78, 5) is 22.4. The van der Waals surface area contributed by atoms with Crippen LogP contribution < -0.4 is 14.8 Å². The summed E-state index contributed by atoms with van der Waals surface area (Å²) in [5.74, 6) is 2.57. The van der Waals surface area contributed by atoms with Gasteiger partial charge in [0, 0.05) is 41.2 Å². The molecule has 0 saturated heterocycles. The monoisotopic (exact) mass is 431 g/mol. The predicted octanol–water partition coefficient (Wildman–Crippen LogP) is 4.02. The maximum Gasteiger partial charge on any atom is 0.226 e. The van der Waals surface area contributed by atoms with Gasteiger partial charge in [0.1, 0.15) is 17.5 Å². The number of methoxy groups -OCH3 is 2. The quantitative estimate of drug-likeness (QED) is 0.667. The topological polar surface area (TPSA) is 91.2 Å². The number of pyridine rings is 1. The average molecular weight is 431 g/mol. The molecule has 2 aliphatic rings. The molecule has 0 bridgehead atoms. The van der Waals surface area contributed by atoms with Crippen molar-refractivity contribution in [2.24, 2.45) is 5.41 Å². The Hall–Kier alpha value is -3.68. The van der Waals surface area contributed by atoms with Gasteiger partial charge in [-0.05, 0) is 42.2 Å². The van der Waals surface area contributed by atoms with Gasteiger partial charge in [0.2, 0.25) is 5.95 Å². The number of carbonyl (C=O) groups excluding carboxylic acids is 1. The van der Waals surface area contributed by atoms with Crippen LogP contribution in [-0.2, 0) is 4.79 Å². The standard InChI is InChI=1S/C24H25N5O3/c1-24(2)11-17-20(18(30)12-24)21(16-10-15(31-3)7-8-19(16)32-4)29-23(26-17)27-22(28-29)14-6-5-9-25-13-14/h5-10,13,21H,11-12H2,1-4H3,(H,26,27,28). The fourth-order valence-corrected chi connectivity index (χ4v) is 4.57. The molecule has 1 aliphatic heterocycles. The third-order valence-electron chi connectivity index (χ3n) is 5.98. The van der Waals surface area contributed by atoms with Crippen molar-refractivity contribution >= 4 is 11.7 Å². The zero-order valence-electron chi connectivity index (χ0n) is 18.5. The van der Waals surface area contributed by atoms with Gasteiger partial charge in [-0.15, -0.1) is 5.10 Å². The van der Waals surface area contributed by atoms with Crippen LogP contribution in [0.5, 0.6) is 11.5 Å². The summed E-state index contributed by atoms with van der Waals surface area (Å²) in [6.07, 6.45) is 4.65. The van der Waals surface area contributed by atoms with Crippen molar-refractivity contribution in [3.63, 3.8) is 0 Å². The molecule has 3 heterocycles. The highest BCUT2D eigenvalue weighted by molar-refractivity contribution is 6.00. The maximum atomic E-state index is 13.4. The van der Waals surface area contributed by atoms with Gasteiger partial charge < -0.3 is 14.8 Å². The number of aromatic nitrogens is 4. The second-order valence-electron chi connectivity index (χ2n) is 8.91. The molecular weight excluding hydrogens is 406 g/mol. The molecule has 8 nitrogen and oxygen atoms in total. The average Bonchev–Trinajstić information content (AvgIpc) is 3.20. The number of benzene rings is 1. The Morgan fingerprint density at radius 3 is 2.72 bits per heavy atom. The first-order valence-corrected chi connectivity index (χ1v) is 10.5. The minimum Gasteiger partial charge on any atom is -0.497 e. The zero-order valence-corrected chi connectivity index (χ0v) is 18.5. The number of allylic oxidation sites excluding steroid dienone is 2. The highest BCUT2D eigenvalue weighted by Crippen LogP contribution is 2.47. The fraction of sp³-hybridized carbons (Fsp3) is 0.333. The number of carbonyl (C=O) groups is 1. The lowest BCUT2D eigenvalue weighted by atomic mass is 9.73. The van der Waals surface area contributed by atoms with Gasteiger partial charge in [0.15, 0.2) is 11.6 Å². The van der Waals surface area contributed by atoms with E-state index in [1.165, 1.54) is 0 Å². The van der Waals surface area contributed by atoms with Crippen LogP contribution in [0.2, 0.25) is 0 Å². The van der Waals surface area contributed by atoms with E-state index in [1.807, 2.05) is 30.3 Å². The van der Waals surface area contributed by atoms with Crippen molar-refractivity contribution in [3.8, 4) is 22.9 Å². The Kier molecular flexibility index (Phi) is 4.73. The highest BCUT2D eigenvalue weighted by atomic mass is 16.5. The van der Waals surface area contributed by atoms with Crippen LogP contribution in [0.4, 0.5) is 5.95 Å². The number of nitrogens with one attached hydrogen (secondary N) is 1. The Bertz CT molecular complexity index is 1230. The maximum absolute atomic E-state index is 13.4. The molecule has 2 aromatic heterocycles. The minimum absolute atomic E-state index is 0.0997. The third kappa shape index (κ3) is 3.32. The molecule has 0 radical (unpaired) electrons. The van der Waals surface area contributed by atoms with Gasteiger partial charge in [-0.1, -0.05) is 13.8 Å². The summed E-state index contributed by atoms with van der Waals surface area (Å²) >= 11 is 0. The zero-order chi connectivity index (χ0) is 22.5. The van der Waals surface area contributed by atoms with Crippen LogP contribution in [0.3, 0.4) is 0 Å². The molecule has 1 aliphatic carbocycles. The van der Waals surface area contributed by atoms with E-state index in [-0.39, 0.29) is 11.2 Å². The Morgan fingerprint density at radius 1 is 1.16 bits per heavy atom. The van der Waals surface area contributed by atoms with Crippen molar-refractivity contribution in [1.82, 2.24) is 19.7 Å². The predicted molar refractivity (Wildman–Crippen MR) is 120 cm³/mol. The van der Waals surface area contributed by atoms with Gasteiger partial charge in [-0.3, -0.25) is 9.78 Å². The first kappa shape index (κ1) is 20.2. The Labute approximate surface area is 186 Å². The number of ether oxygens (including phenoxy) is 2. The summed E-state index contributed by atoms with van der Waals surface area (Å²) in [7, 11) is 3.24. The number of hydrogen-bond acceptors (Lipinski definition) is 7.